The van der Waals surface area contributed by atoms with E-state index in [2.05, 4.69) is 0 Å². The Bertz CT molecular complexity index is 489. The fourth-order valence-electron chi connectivity index (χ4n) is 2.00. The lowest BCUT2D eigenvalue weighted by molar-refractivity contribution is -0.387. The molecule has 0 saturated carbocycles. The molecule has 6 heteroatoms. The maximum Gasteiger partial charge on any atom is 0.305 e. The standard InChI is InChI=1S/C12H12FNO4/c13-12-8(2-1-3-10(12)14(16)17)6-9-7-18-5-4-11(9)15/h1-3,9H,4-7H2. The van der Waals surface area contributed by atoms with Gasteiger partial charge < -0.3 is 4.74 Å². The molecule has 2 rings (SSSR count). The lowest BCUT2D eigenvalue weighted by Gasteiger charge is -2.20. The summed E-state index contributed by atoms with van der Waals surface area (Å²) in [5.74, 6) is -1.25. The molecule has 1 aliphatic heterocycles. The van der Waals surface area contributed by atoms with Gasteiger partial charge in [0.25, 0.3) is 0 Å². The lowest BCUT2D eigenvalue weighted by atomic mass is 9.92. The van der Waals surface area contributed by atoms with Gasteiger partial charge in [-0.2, -0.15) is 4.39 Å². The Hall–Kier alpha value is -1.82. The number of nitrogens with zero attached hydrogens (tertiary/aromatic N) is 1. The predicted octanol–water partition coefficient (Wildman–Crippen LogP) is 1.88. The molecule has 1 saturated heterocycles. The number of hydrogen-bond acceptors (Lipinski definition) is 4. The fraction of sp³-hybridized carbons (Fsp3) is 0.417. The molecule has 18 heavy (non-hydrogen) atoms. The molecule has 1 aromatic rings. The van der Waals surface area contributed by atoms with Crippen molar-refractivity contribution < 1.29 is 18.8 Å². The first-order valence-electron chi connectivity index (χ1n) is 5.62. The van der Waals surface area contributed by atoms with E-state index in [4.69, 9.17) is 4.74 Å². The van der Waals surface area contributed by atoms with E-state index in [0.29, 0.717) is 13.0 Å². The van der Waals surface area contributed by atoms with E-state index in [0.717, 1.165) is 6.07 Å². The Morgan fingerprint density at radius 3 is 2.94 bits per heavy atom. The van der Waals surface area contributed by atoms with Crippen LogP contribution in [0.2, 0.25) is 0 Å². The molecule has 1 atom stereocenters. The Kier molecular flexibility index (Phi) is 3.66. The van der Waals surface area contributed by atoms with Crippen LogP contribution in [0.5, 0.6) is 0 Å². The third kappa shape index (κ3) is 2.53. The molecule has 0 bridgehead atoms. The number of benzene rings is 1. The molecular weight excluding hydrogens is 241 g/mol. The van der Waals surface area contributed by atoms with Gasteiger partial charge in [0.15, 0.2) is 0 Å². The van der Waals surface area contributed by atoms with Gasteiger partial charge in [0.05, 0.1) is 18.1 Å². The molecule has 1 fully saturated rings. The van der Waals surface area contributed by atoms with Crippen molar-refractivity contribution in [2.24, 2.45) is 5.92 Å². The van der Waals surface area contributed by atoms with Crippen molar-refractivity contribution in [2.45, 2.75) is 12.8 Å². The van der Waals surface area contributed by atoms with E-state index < -0.39 is 22.3 Å². The van der Waals surface area contributed by atoms with Crippen LogP contribution in [0, 0.1) is 21.8 Å². The van der Waals surface area contributed by atoms with Gasteiger partial charge in [0.1, 0.15) is 5.78 Å². The van der Waals surface area contributed by atoms with Gasteiger partial charge in [-0.25, -0.2) is 0 Å². The summed E-state index contributed by atoms with van der Waals surface area (Å²) >= 11 is 0. The number of ketones is 1. The summed E-state index contributed by atoms with van der Waals surface area (Å²) in [6.45, 7) is 0.647. The smallest absolute Gasteiger partial charge is 0.305 e. The van der Waals surface area contributed by atoms with E-state index in [1.54, 1.807) is 0 Å². The number of carbonyl (C=O) groups is 1. The summed E-state index contributed by atoms with van der Waals surface area (Å²) in [5.41, 5.74) is -0.371. The first kappa shape index (κ1) is 12.6. The molecule has 0 aromatic heterocycles. The number of halogens is 1. The highest BCUT2D eigenvalue weighted by Crippen LogP contribution is 2.24. The zero-order valence-corrected chi connectivity index (χ0v) is 9.60. The Morgan fingerprint density at radius 1 is 1.50 bits per heavy atom. The second kappa shape index (κ2) is 5.22. The van der Waals surface area contributed by atoms with Crippen molar-refractivity contribution in [3.8, 4) is 0 Å². The minimum absolute atomic E-state index is 0.0205. The van der Waals surface area contributed by atoms with Crippen LogP contribution in [0.1, 0.15) is 12.0 Å². The van der Waals surface area contributed by atoms with Crippen molar-refractivity contribution in [2.75, 3.05) is 13.2 Å². The van der Waals surface area contributed by atoms with E-state index >= 15 is 0 Å². The number of nitro groups is 1. The summed E-state index contributed by atoms with van der Waals surface area (Å²) in [7, 11) is 0. The summed E-state index contributed by atoms with van der Waals surface area (Å²) < 4.78 is 19.0. The van der Waals surface area contributed by atoms with Crippen LogP contribution in [0.15, 0.2) is 18.2 Å². The molecule has 0 N–H and O–H groups in total. The predicted molar refractivity (Wildman–Crippen MR) is 60.7 cm³/mol. The molecule has 1 aliphatic rings. The summed E-state index contributed by atoms with van der Waals surface area (Å²) in [4.78, 5) is 21.4. The first-order valence-corrected chi connectivity index (χ1v) is 5.62. The molecule has 0 amide bonds. The van der Waals surface area contributed by atoms with Crippen molar-refractivity contribution in [3.05, 3.63) is 39.7 Å². The average Bonchev–Trinajstić information content (AvgIpc) is 2.34. The van der Waals surface area contributed by atoms with Crippen molar-refractivity contribution in [1.82, 2.24) is 0 Å². The van der Waals surface area contributed by atoms with Crippen LogP contribution in [-0.4, -0.2) is 23.9 Å². The van der Waals surface area contributed by atoms with E-state index in [-0.39, 0.29) is 24.4 Å². The molecule has 0 radical (unpaired) electrons. The molecule has 1 aromatic carbocycles. The fourth-order valence-corrected chi connectivity index (χ4v) is 2.00. The normalized spacial score (nSPS) is 19.8. The lowest BCUT2D eigenvalue weighted by Crippen LogP contribution is -2.29. The quantitative estimate of drug-likeness (QED) is 0.609. The molecule has 5 nitrogen and oxygen atoms in total. The average molecular weight is 253 g/mol. The number of nitro benzene ring substituents is 1. The number of hydrogen-bond donors (Lipinski definition) is 0. The van der Waals surface area contributed by atoms with E-state index in [1.165, 1.54) is 12.1 Å². The van der Waals surface area contributed by atoms with E-state index in [9.17, 15) is 19.3 Å². The molecule has 0 spiro atoms. The topological polar surface area (TPSA) is 69.4 Å². The zero-order valence-electron chi connectivity index (χ0n) is 9.60. The van der Waals surface area contributed by atoms with Gasteiger partial charge in [0.2, 0.25) is 5.82 Å². The summed E-state index contributed by atoms with van der Waals surface area (Å²) in [5, 5.41) is 10.6. The minimum Gasteiger partial charge on any atom is -0.380 e. The maximum atomic E-state index is 13.8. The molecule has 96 valence electrons. The van der Waals surface area contributed by atoms with Crippen LogP contribution in [0.3, 0.4) is 0 Å². The number of ether oxygens (including phenoxy) is 1. The summed E-state index contributed by atoms with van der Waals surface area (Å²) in [6, 6.07) is 3.99. The number of carbonyl (C=O) groups excluding carboxylic acids is 1. The van der Waals surface area contributed by atoms with Crippen LogP contribution in [0.25, 0.3) is 0 Å². The monoisotopic (exact) mass is 253 g/mol. The number of rotatable bonds is 3. The second-order valence-electron chi connectivity index (χ2n) is 4.20. The zero-order chi connectivity index (χ0) is 13.1. The molecule has 1 unspecified atom stereocenters. The van der Waals surface area contributed by atoms with Crippen molar-refractivity contribution in [1.29, 1.82) is 0 Å². The Labute approximate surface area is 103 Å². The van der Waals surface area contributed by atoms with Crippen LogP contribution in [-0.2, 0) is 16.0 Å². The van der Waals surface area contributed by atoms with Gasteiger partial charge in [-0.15, -0.1) is 0 Å². The van der Waals surface area contributed by atoms with Crippen LogP contribution >= 0.6 is 0 Å². The van der Waals surface area contributed by atoms with Crippen LogP contribution < -0.4 is 0 Å². The van der Waals surface area contributed by atoms with Crippen molar-refractivity contribution in [3.63, 3.8) is 0 Å². The third-order valence-electron chi connectivity index (χ3n) is 2.99. The third-order valence-corrected chi connectivity index (χ3v) is 2.99. The SMILES string of the molecule is O=C1CCOCC1Cc1cccc([N+](=O)[O-])c1F. The Morgan fingerprint density at radius 2 is 2.28 bits per heavy atom. The van der Waals surface area contributed by atoms with Crippen LogP contribution in [0.4, 0.5) is 10.1 Å². The first-order chi connectivity index (χ1) is 8.59. The minimum atomic E-state index is -0.860. The Balaban J connectivity index is 2.21. The highest BCUT2D eigenvalue weighted by atomic mass is 19.1. The van der Waals surface area contributed by atoms with E-state index in [1.807, 2.05) is 0 Å². The van der Waals surface area contributed by atoms with Gasteiger partial charge in [-0.1, -0.05) is 12.1 Å². The largest absolute Gasteiger partial charge is 0.380 e. The van der Waals surface area contributed by atoms with Crippen molar-refractivity contribution >= 4 is 11.5 Å². The molecular formula is C12H12FNO4. The van der Waals surface area contributed by atoms with Gasteiger partial charge >= 0.3 is 5.69 Å². The highest BCUT2D eigenvalue weighted by Gasteiger charge is 2.26. The maximum absolute atomic E-state index is 13.8. The van der Waals surface area contributed by atoms with Gasteiger partial charge in [-0.05, 0) is 12.0 Å². The highest BCUT2D eigenvalue weighted by molar-refractivity contribution is 5.82. The molecule has 0 aliphatic carbocycles. The number of Topliss-reactive ketones (excluding diaryl/α,β-unsaturated/α-hetero) is 1. The summed E-state index contributed by atoms with van der Waals surface area (Å²) in [6.07, 6.45) is 0.466. The van der Waals surface area contributed by atoms with Gasteiger partial charge in [-0.3, -0.25) is 14.9 Å². The second-order valence-corrected chi connectivity index (χ2v) is 4.20. The molecule has 1 heterocycles. The van der Waals surface area contributed by atoms with Gasteiger partial charge in [0, 0.05) is 18.4 Å².